The van der Waals surface area contributed by atoms with Crippen molar-refractivity contribution in [1.82, 2.24) is 10.5 Å². The number of aryl methyl sites for hydroxylation is 2. The minimum absolute atomic E-state index is 0.219. The van der Waals surface area contributed by atoms with Gasteiger partial charge in [-0.3, -0.25) is 4.79 Å². The number of carbonyl (C=O) groups is 1. The fourth-order valence-electron chi connectivity index (χ4n) is 2.94. The number of carbonyl (C=O) groups excluding carboxylic acids is 1. The van der Waals surface area contributed by atoms with E-state index in [1.807, 2.05) is 26.0 Å². The second-order valence-corrected chi connectivity index (χ2v) is 7.46. The Balaban J connectivity index is 1.62. The lowest BCUT2D eigenvalue weighted by atomic mass is 10.1. The lowest BCUT2D eigenvalue weighted by molar-refractivity contribution is 0.0953. The summed E-state index contributed by atoms with van der Waals surface area (Å²) in [7, 11) is 1.53. The normalized spacial score (nSPS) is 10.7. The van der Waals surface area contributed by atoms with Gasteiger partial charge in [0.25, 0.3) is 5.91 Å². The topological polar surface area (TPSA) is 73.6 Å². The van der Waals surface area contributed by atoms with Crippen LogP contribution in [-0.4, -0.2) is 24.7 Å². The zero-order chi connectivity index (χ0) is 21.7. The summed E-state index contributed by atoms with van der Waals surface area (Å²) in [6, 6.07) is 10.5. The van der Waals surface area contributed by atoms with Crippen molar-refractivity contribution in [3.8, 4) is 11.5 Å². The van der Waals surface area contributed by atoms with Crippen molar-refractivity contribution in [1.29, 1.82) is 0 Å². The predicted octanol–water partition coefficient (Wildman–Crippen LogP) is 5.16. The van der Waals surface area contributed by atoms with E-state index < -0.39 is 0 Å². The molecule has 0 spiro atoms. The molecule has 1 amide bonds. The maximum absolute atomic E-state index is 12.5. The third-order valence-electron chi connectivity index (χ3n) is 4.69. The molecule has 0 aliphatic carbocycles. The Morgan fingerprint density at radius 3 is 2.67 bits per heavy atom. The van der Waals surface area contributed by atoms with Crippen LogP contribution in [0.4, 0.5) is 0 Å². The molecule has 0 radical (unpaired) electrons. The van der Waals surface area contributed by atoms with Crippen LogP contribution < -0.4 is 14.8 Å². The molecule has 2 aromatic carbocycles. The van der Waals surface area contributed by atoms with Crippen LogP contribution in [0.1, 0.15) is 32.9 Å². The Morgan fingerprint density at radius 1 is 1.17 bits per heavy atom. The van der Waals surface area contributed by atoms with Crippen LogP contribution >= 0.6 is 23.2 Å². The first-order valence-electron chi connectivity index (χ1n) is 9.34. The second-order valence-electron chi connectivity index (χ2n) is 6.68. The van der Waals surface area contributed by atoms with Gasteiger partial charge in [-0.1, -0.05) is 40.5 Å². The second kappa shape index (κ2) is 9.87. The van der Waals surface area contributed by atoms with Gasteiger partial charge >= 0.3 is 0 Å². The molecular weight excluding hydrogens is 427 g/mol. The van der Waals surface area contributed by atoms with Gasteiger partial charge in [0.1, 0.15) is 12.4 Å². The summed E-state index contributed by atoms with van der Waals surface area (Å²) in [6.45, 7) is 4.41. The van der Waals surface area contributed by atoms with E-state index in [4.69, 9.17) is 37.2 Å². The Morgan fingerprint density at radius 2 is 1.97 bits per heavy atom. The molecule has 6 nitrogen and oxygen atoms in total. The summed E-state index contributed by atoms with van der Waals surface area (Å²) >= 11 is 12.2. The maximum atomic E-state index is 12.5. The molecule has 8 heteroatoms. The van der Waals surface area contributed by atoms with Crippen molar-refractivity contribution in [3.05, 3.63) is 74.6 Å². The summed E-state index contributed by atoms with van der Waals surface area (Å²) < 4.78 is 16.4. The number of hydrogen-bond acceptors (Lipinski definition) is 5. The average molecular weight is 449 g/mol. The van der Waals surface area contributed by atoms with Crippen molar-refractivity contribution >= 4 is 29.1 Å². The number of benzene rings is 2. The average Bonchev–Trinajstić information content (AvgIpc) is 3.06. The number of methoxy groups -OCH3 is 1. The largest absolute Gasteiger partial charge is 0.493 e. The molecule has 0 aliphatic rings. The molecule has 3 aromatic rings. The molecule has 0 saturated heterocycles. The zero-order valence-electron chi connectivity index (χ0n) is 16.9. The minimum Gasteiger partial charge on any atom is -0.493 e. The first-order valence-corrected chi connectivity index (χ1v) is 10.1. The fourth-order valence-corrected chi connectivity index (χ4v) is 3.35. The lowest BCUT2D eigenvalue weighted by Crippen LogP contribution is -2.25. The van der Waals surface area contributed by atoms with E-state index in [9.17, 15) is 4.79 Å². The molecular formula is C22H22Cl2N2O4. The Labute approximate surface area is 185 Å². The standard InChI is InChI=1S/C22H22Cl2N2O4/c1-13-17(14(2)30-26-13)12-29-19-8-7-16(11-20(19)28-3)22(27)25-10-9-15-5-4-6-18(23)21(15)24/h4-8,11H,9-10,12H2,1-3H3,(H,25,27). The molecule has 0 atom stereocenters. The van der Waals surface area contributed by atoms with Crippen LogP contribution in [0.2, 0.25) is 10.0 Å². The Hall–Kier alpha value is -2.70. The van der Waals surface area contributed by atoms with E-state index in [0.29, 0.717) is 52.4 Å². The van der Waals surface area contributed by atoms with Crippen LogP contribution in [0.15, 0.2) is 40.9 Å². The molecule has 30 heavy (non-hydrogen) atoms. The molecule has 1 heterocycles. The molecule has 1 N–H and O–H groups in total. The van der Waals surface area contributed by atoms with Crippen molar-refractivity contribution in [2.75, 3.05) is 13.7 Å². The van der Waals surface area contributed by atoms with Gasteiger partial charge in [0, 0.05) is 12.1 Å². The zero-order valence-corrected chi connectivity index (χ0v) is 18.4. The quantitative estimate of drug-likeness (QED) is 0.515. The summed E-state index contributed by atoms with van der Waals surface area (Å²) in [6.07, 6.45) is 0.570. The number of ether oxygens (including phenoxy) is 2. The van der Waals surface area contributed by atoms with Gasteiger partial charge in [-0.25, -0.2) is 0 Å². The summed E-state index contributed by atoms with van der Waals surface area (Å²) in [4.78, 5) is 12.5. The van der Waals surface area contributed by atoms with Gasteiger partial charge in [-0.2, -0.15) is 0 Å². The SMILES string of the molecule is COc1cc(C(=O)NCCc2cccc(Cl)c2Cl)ccc1OCc1c(C)noc1C. The summed E-state index contributed by atoms with van der Waals surface area (Å²) in [5.74, 6) is 1.48. The Kier molecular flexibility index (Phi) is 7.24. The highest BCUT2D eigenvalue weighted by atomic mass is 35.5. The van der Waals surface area contributed by atoms with Crippen molar-refractivity contribution in [3.63, 3.8) is 0 Å². The smallest absolute Gasteiger partial charge is 0.251 e. The van der Waals surface area contributed by atoms with Gasteiger partial charge < -0.3 is 19.3 Å². The van der Waals surface area contributed by atoms with E-state index in [-0.39, 0.29) is 5.91 Å². The number of rotatable bonds is 8. The molecule has 0 saturated carbocycles. The first kappa shape index (κ1) is 22.0. The van der Waals surface area contributed by atoms with Crippen molar-refractivity contribution in [2.24, 2.45) is 0 Å². The molecule has 0 fully saturated rings. The monoisotopic (exact) mass is 448 g/mol. The molecule has 0 aliphatic heterocycles. The van der Waals surface area contributed by atoms with Crippen LogP contribution in [0.25, 0.3) is 0 Å². The molecule has 3 rings (SSSR count). The number of nitrogens with one attached hydrogen (secondary N) is 1. The number of amides is 1. The van der Waals surface area contributed by atoms with Crippen LogP contribution in [0.5, 0.6) is 11.5 Å². The number of hydrogen-bond donors (Lipinski definition) is 1. The van der Waals surface area contributed by atoms with E-state index in [1.165, 1.54) is 7.11 Å². The van der Waals surface area contributed by atoms with Crippen LogP contribution in [0.3, 0.4) is 0 Å². The fraction of sp³-hybridized carbons (Fsp3) is 0.273. The third-order valence-corrected chi connectivity index (χ3v) is 5.55. The summed E-state index contributed by atoms with van der Waals surface area (Å²) in [5.41, 5.74) is 3.01. The van der Waals surface area contributed by atoms with E-state index in [1.54, 1.807) is 24.3 Å². The maximum Gasteiger partial charge on any atom is 0.251 e. The predicted molar refractivity (Wildman–Crippen MR) is 116 cm³/mol. The minimum atomic E-state index is -0.219. The third kappa shape index (κ3) is 5.07. The highest BCUT2D eigenvalue weighted by Gasteiger charge is 2.14. The van der Waals surface area contributed by atoms with E-state index in [2.05, 4.69) is 10.5 Å². The van der Waals surface area contributed by atoms with Crippen LogP contribution in [0, 0.1) is 13.8 Å². The van der Waals surface area contributed by atoms with Gasteiger partial charge in [0.15, 0.2) is 11.5 Å². The Bertz CT molecular complexity index is 1030. The number of halogens is 2. The van der Waals surface area contributed by atoms with Gasteiger partial charge in [0.05, 0.1) is 28.4 Å². The molecule has 0 bridgehead atoms. The summed E-state index contributed by atoms with van der Waals surface area (Å²) in [5, 5.41) is 7.80. The number of aromatic nitrogens is 1. The molecule has 1 aromatic heterocycles. The van der Waals surface area contributed by atoms with Gasteiger partial charge in [0.2, 0.25) is 0 Å². The molecule has 158 valence electrons. The highest BCUT2D eigenvalue weighted by molar-refractivity contribution is 6.42. The van der Waals surface area contributed by atoms with Gasteiger partial charge in [-0.05, 0) is 50.1 Å². The lowest BCUT2D eigenvalue weighted by Gasteiger charge is -2.12. The van der Waals surface area contributed by atoms with Crippen molar-refractivity contribution < 1.29 is 18.8 Å². The van der Waals surface area contributed by atoms with Gasteiger partial charge in [-0.15, -0.1) is 0 Å². The van der Waals surface area contributed by atoms with Crippen molar-refractivity contribution in [2.45, 2.75) is 26.9 Å². The van der Waals surface area contributed by atoms with E-state index in [0.717, 1.165) is 16.8 Å². The highest BCUT2D eigenvalue weighted by Crippen LogP contribution is 2.30. The molecule has 0 unspecified atom stereocenters. The van der Waals surface area contributed by atoms with Crippen LogP contribution in [-0.2, 0) is 13.0 Å². The first-order chi connectivity index (χ1) is 14.4. The van der Waals surface area contributed by atoms with E-state index >= 15 is 0 Å². The number of nitrogens with zero attached hydrogens (tertiary/aromatic N) is 1.